The number of carboxylic acid groups (broad SMARTS) is 1. The van der Waals surface area contributed by atoms with Gasteiger partial charge < -0.3 is 45.4 Å². The van der Waals surface area contributed by atoms with E-state index in [1.807, 2.05) is 0 Å². The molecule has 1 saturated heterocycles. The van der Waals surface area contributed by atoms with Gasteiger partial charge in [0.05, 0.1) is 18.8 Å². The number of rotatable bonds is 7. The Labute approximate surface area is 159 Å². The van der Waals surface area contributed by atoms with E-state index in [9.17, 15) is 30.0 Å². The fourth-order valence-electron chi connectivity index (χ4n) is 2.80. The number of aliphatic hydroxyl groups excluding tert-OH is 4. The molecular formula is C17H23NO10. The molecule has 0 radical (unpaired) electrons. The molecule has 0 saturated carbocycles. The van der Waals surface area contributed by atoms with Gasteiger partial charge in [-0.05, 0) is 5.56 Å². The third kappa shape index (κ3) is 5.16. The first-order valence-corrected chi connectivity index (χ1v) is 8.44. The van der Waals surface area contributed by atoms with Gasteiger partial charge in [-0.3, -0.25) is 0 Å². The average molecular weight is 401 g/mol. The highest BCUT2D eigenvalue weighted by Crippen LogP contribution is 2.30. The molecule has 0 aromatic heterocycles. The Bertz CT molecular complexity index is 671. The van der Waals surface area contributed by atoms with E-state index in [0.717, 1.165) is 0 Å². The quantitative estimate of drug-likeness (QED) is 0.267. The van der Waals surface area contributed by atoms with Crippen LogP contribution in [0.1, 0.15) is 12.0 Å². The lowest BCUT2D eigenvalue weighted by Gasteiger charge is -2.44. The summed E-state index contributed by atoms with van der Waals surface area (Å²) in [7, 11) is 0. The number of benzene rings is 1. The summed E-state index contributed by atoms with van der Waals surface area (Å²) < 4.78 is 9.98. The summed E-state index contributed by atoms with van der Waals surface area (Å²) in [4.78, 5) is 23.3. The molecule has 11 heteroatoms. The normalized spacial score (nSPS) is 29.5. The zero-order valence-electron chi connectivity index (χ0n) is 14.7. The monoisotopic (exact) mass is 401 g/mol. The maximum Gasteiger partial charge on any atom is 0.407 e. The van der Waals surface area contributed by atoms with Crippen LogP contribution in [-0.4, -0.2) is 85.6 Å². The molecule has 0 bridgehead atoms. The van der Waals surface area contributed by atoms with E-state index in [-0.39, 0.29) is 6.61 Å². The molecule has 0 aliphatic carbocycles. The Hall–Kier alpha value is -2.28. The Morgan fingerprint density at radius 3 is 2.50 bits per heavy atom. The van der Waals surface area contributed by atoms with Gasteiger partial charge >= 0.3 is 12.1 Å². The molecule has 1 heterocycles. The maximum absolute atomic E-state index is 12.1. The first-order chi connectivity index (χ1) is 13.2. The Morgan fingerprint density at radius 1 is 1.29 bits per heavy atom. The molecular weight excluding hydrogens is 378 g/mol. The van der Waals surface area contributed by atoms with Crippen molar-refractivity contribution < 1.29 is 49.7 Å². The first-order valence-electron chi connectivity index (χ1n) is 8.44. The van der Waals surface area contributed by atoms with E-state index in [4.69, 9.17) is 19.7 Å². The largest absolute Gasteiger partial charge is 0.477 e. The number of nitrogens with one attached hydrogen (secondary N) is 1. The summed E-state index contributed by atoms with van der Waals surface area (Å²) in [6.07, 6.45) is -8.94. The van der Waals surface area contributed by atoms with E-state index >= 15 is 0 Å². The van der Waals surface area contributed by atoms with E-state index < -0.39 is 61.3 Å². The number of aliphatic hydroxyl groups is 5. The van der Waals surface area contributed by atoms with Crippen molar-refractivity contribution in [3.8, 4) is 0 Å². The van der Waals surface area contributed by atoms with Gasteiger partial charge in [0, 0.05) is 6.42 Å². The van der Waals surface area contributed by atoms with Gasteiger partial charge in [0.25, 0.3) is 5.79 Å². The van der Waals surface area contributed by atoms with Crippen LogP contribution in [0.4, 0.5) is 4.79 Å². The predicted molar refractivity (Wildman–Crippen MR) is 90.7 cm³/mol. The van der Waals surface area contributed by atoms with Gasteiger partial charge in [0.15, 0.2) is 0 Å². The standard InChI is InChI=1S/C17H23NO10/c19-7-11(21)13(22)14-12(10(20)6-17(26,28-14)15(23)24)18-16(25)27-8-9-4-2-1-3-5-9/h1-5,10-14,19-22,26H,6-8H2,(H,18,25)(H,23,24)/t10-,11-,12-,13-,14-,17+/m1/s1. The summed E-state index contributed by atoms with van der Waals surface area (Å²) in [5, 5.41) is 60.3. The van der Waals surface area contributed by atoms with E-state index in [1.165, 1.54) is 0 Å². The van der Waals surface area contributed by atoms with E-state index in [2.05, 4.69) is 5.32 Å². The zero-order valence-corrected chi connectivity index (χ0v) is 14.7. The van der Waals surface area contributed by atoms with E-state index in [0.29, 0.717) is 5.56 Å². The highest BCUT2D eigenvalue weighted by molar-refractivity contribution is 5.75. The molecule has 28 heavy (non-hydrogen) atoms. The number of aliphatic carboxylic acids is 1. The second kappa shape index (κ2) is 9.28. The second-order valence-electron chi connectivity index (χ2n) is 6.42. The van der Waals surface area contributed by atoms with Crippen molar-refractivity contribution in [2.45, 2.75) is 49.3 Å². The summed E-state index contributed by atoms with van der Waals surface area (Å²) in [6, 6.07) is 7.25. The van der Waals surface area contributed by atoms with Crippen molar-refractivity contribution >= 4 is 12.1 Å². The number of hydrogen-bond donors (Lipinski definition) is 7. The fourth-order valence-corrected chi connectivity index (χ4v) is 2.80. The van der Waals surface area contributed by atoms with Crippen molar-refractivity contribution in [2.75, 3.05) is 6.61 Å². The third-order valence-corrected chi connectivity index (χ3v) is 4.33. The fraction of sp³-hybridized carbons (Fsp3) is 0.529. The molecule has 1 amide bonds. The summed E-state index contributed by atoms with van der Waals surface area (Å²) in [6.45, 7) is -1.00. The van der Waals surface area contributed by atoms with Crippen LogP contribution in [0.25, 0.3) is 0 Å². The second-order valence-corrected chi connectivity index (χ2v) is 6.42. The maximum atomic E-state index is 12.1. The van der Waals surface area contributed by atoms with Gasteiger partial charge in [0.1, 0.15) is 24.9 Å². The third-order valence-electron chi connectivity index (χ3n) is 4.33. The molecule has 1 fully saturated rings. The summed E-state index contributed by atoms with van der Waals surface area (Å²) in [5.41, 5.74) is 0.686. The molecule has 1 aromatic carbocycles. The van der Waals surface area contributed by atoms with Crippen LogP contribution in [0.5, 0.6) is 0 Å². The molecule has 2 rings (SSSR count). The molecule has 7 N–H and O–H groups in total. The minimum absolute atomic E-state index is 0.0953. The molecule has 1 aliphatic heterocycles. The zero-order chi connectivity index (χ0) is 20.9. The number of carboxylic acids is 1. The van der Waals surface area contributed by atoms with Gasteiger partial charge in [-0.25, -0.2) is 9.59 Å². The van der Waals surface area contributed by atoms with Crippen LogP contribution in [0.2, 0.25) is 0 Å². The Balaban J connectivity index is 2.11. The van der Waals surface area contributed by atoms with Crippen LogP contribution in [-0.2, 0) is 20.9 Å². The minimum Gasteiger partial charge on any atom is -0.477 e. The lowest BCUT2D eigenvalue weighted by atomic mass is 9.89. The van der Waals surface area contributed by atoms with Crippen LogP contribution >= 0.6 is 0 Å². The van der Waals surface area contributed by atoms with Crippen molar-refractivity contribution in [1.82, 2.24) is 5.32 Å². The average Bonchev–Trinajstić information content (AvgIpc) is 2.67. The molecule has 156 valence electrons. The molecule has 0 spiro atoms. The highest BCUT2D eigenvalue weighted by Gasteiger charge is 2.54. The van der Waals surface area contributed by atoms with Crippen molar-refractivity contribution in [3.05, 3.63) is 35.9 Å². The number of amides is 1. The van der Waals surface area contributed by atoms with Crippen molar-refractivity contribution in [1.29, 1.82) is 0 Å². The van der Waals surface area contributed by atoms with E-state index in [1.54, 1.807) is 30.3 Å². The van der Waals surface area contributed by atoms with Gasteiger partial charge in [-0.1, -0.05) is 30.3 Å². The number of hydrogen-bond acceptors (Lipinski definition) is 9. The van der Waals surface area contributed by atoms with Crippen LogP contribution in [0, 0.1) is 0 Å². The predicted octanol–water partition coefficient (Wildman–Crippen LogP) is -2.08. The number of carbonyl (C=O) groups is 2. The summed E-state index contributed by atoms with van der Waals surface area (Å²) >= 11 is 0. The van der Waals surface area contributed by atoms with Crippen LogP contribution in [0.15, 0.2) is 30.3 Å². The lowest BCUT2D eigenvalue weighted by molar-refractivity contribution is -0.294. The topological polar surface area (TPSA) is 186 Å². The Kier molecular flexibility index (Phi) is 7.29. The van der Waals surface area contributed by atoms with Gasteiger partial charge in [-0.2, -0.15) is 0 Å². The SMILES string of the molecule is O=C(N[C@H]1[C@H]([C@H](O)[C@H](O)CO)O[C@](O)(C(=O)O)C[C@H]1O)OCc1ccccc1. The lowest BCUT2D eigenvalue weighted by Crippen LogP contribution is -2.67. The summed E-state index contributed by atoms with van der Waals surface area (Å²) in [5.74, 6) is -4.68. The van der Waals surface area contributed by atoms with Gasteiger partial charge in [-0.15, -0.1) is 0 Å². The molecule has 1 aliphatic rings. The first kappa shape index (κ1) is 22.0. The number of alkyl carbamates (subject to hydrolysis) is 1. The smallest absolute Gasteiger partial charge is 0.407 e. The minimum atomic E-state index is -2.85. The molecule has 6 atom stereocenters. The van der Waals surface area contributed by atoms with Gasteiger partial charge in [0.2, 0.25) is 0 Å². The van der Waals surface area contributed by atoms with Crippen LogP contribution in [0.3, 0.4) is 0 Å². The van der Waals surface area contributed by atoms with Crippen LogP contribution < -0.4 is 5.32 Å². The highest BCUT2D eigenvalue weighted by atomic mass is 16.7. The van der Waals surface area contributed by atoms with Crippen molar-refractivity contribution in [2.24, 2.45) is 0 Å². The molecule has 11 nitrogen and oxygen atoms in total. The Morgan fingerprint density at radius 2 is 1.93 bits per heavy atom. The number of ether oxygens (including phenoxy) is 2. The number of carbonyl (C=O) groups excluding carboxylic acids is 1. The van der Waals surface area contributed by atoms with Crippen molar-refractivity contribution in [3.63, 3.8) is 0 Å². The molecule has 1 aromatic rings. The molecule has 0 unspecified atom stereocenters.